The van der Waals surface area contributed by atoms with Crippen molar-refractivity contribution in [2.24, 2.45) is 5.92 Å². The zero-order valence-electron chi connectivity index (χ0n) is 15.9. The molecule has 14 heteroatoms. The molecule has 4 N–H and O–H groups in total. The monoisotopic (exact) mass is 470 g/mol. The van der Waals surface area contributed by atoms with Crippen LogP contribution in [0.3, 0.4) is 0 Å². The maximum atomic E-state index is 12.2. The Morgan fingerprint density at radius 3 is 2.48 bits per heavy atom. The number of nitrogens with zero attached hydrogens (tertiary/aromatic N) is 1. The first-order chi connectivity index (χ1) is 13.3. The van der Waals surface area contributed by atoms with Gasteiger partial charge in [-0.15, -0.1) is 0 Å². The lowest BCUT2D eigenvalue weighted by atomic mass is 10.1. The van der Waals surface area contributed by atoms with E-state index in [2.05, 4.69) is 4.98 Å². The van der Waals surface area contributed by atoms with E-state index in [0.29, 0.717) is 0 Å². The summed E-state index contributed by atoms with van der Waals surface area (Å²) in [4.78, 5) is 54.5. The van der Waals surface area contributed by atoms with E-state index in [1.807, 2.05) is 0 Å². The summed E-state index contributed by atoms with van der Waals surface area (Å²) < 4.78 is 28.9. The number of rotatable bonds is 8. The number of hydrogen-bond acceptors (Lipinski definition) is 7. The highest BCUT2D eigenvalue weighted by molar-refractivity contribution is 8.07. The van der Waals surface area contributed by atoms with E-state index in [-0.39, 0.29) is 6.42 Å². The molecule has 1 fully saturated rings. The van der Waals surface area contributed by atoms with Gasteiger partial charge in [-0.25, -0.2) is 4.79 Å². The summed E-state index contributed by atoms with van der Waals surface area (Å²) in [7, 11) is -3.09. The molecule has 1 aromatic heterocycles. The maximum Gasteiger partial charge on any atom is 0.348 e. The quantitative estimate of drug-likeness (QED) is 0.401. The van der Waals surface area contributed by atoms with E-state index >= 15 is 0 Å². The maximum absolute atomic E-state index is 12.2. The fourth-order valence-electron chi connectivity index (χ4n) is 3.26. The van der Waals surface area contributed by atoms with Crippen molar-refractivity contribution in [3.8, 4) is 0 Å². The van der Waals surface area contributed by atoms with Crippen molar-refractivity contribution in [1.29, 1.82) is 0 Å². The van der Waals surface area contributed by atoms with E-state index in [1.165, 1.54) is 30.0 Å². The first-order valence-electron chi connectivity index (χ1n) is 8.61. The molecule has 0 spiro atoms. The Hall–Kier alpha value is -0.940. The first-order valence-corrected chi connectivity index (χ1v) is 12.9. The van der Waals surface area contributed by atoms with Gasteiger partial charge in [-0.1, -0.05) is 6.08 Å². The molecule has 1 aromatic rings. The SMILES string of the molecule is CO[C@@H]1[C@H](OP(O)(=S)OC(C)C)[C@@H](/C=C/P(=O)(O)O)C[C@@H]1n1ccc(=O)[nH]c1=O. The lowest BCUT2D eigenvalue weighted by molar-refractivity contribution is -0.0161. The highest BCUT2D eigenvalue weighted by atomic mass is 32.5. The number of aromatic amines is 1. The van der Waals surface area contributed by atoms with Crippen LogP contribution in [0.15, 0.2) is 33.7 Å². The number of ether oxygens (including phenoxy) is 1. The third-order valence-corrected chi connectivity index (χ3v) is 6.52. The second kappa shape index (κ2) is 9.47. The Morgan fingerprint density at radius 1 is 1.31 bits per heavy atom. The first kappa shape index (κ1) is 24.3. The Bertz CT molecular complexity index is 954. The normalized spacial score (nSPS) is 27.6. The number of H-pyrrole nitrogens is 1. The number of aromatic nitrogens is 2. The van der Waals surface area contributed by atoms with Crippen LogP contribution in [0.2, 0.25) is 0 Å². The molecule has 0 bridgehead atoms. The number of nitrogens with one attached hydrogen (secondary N) is 1. The third-order valence-electron chi connectivity index (χ3n) is 4.25. The fourth-order valence-corrected chi connectivity index (χ4v) is 5.68. The Labute approximate surface area is 171 Å². The van der Waals surface area contributed by atoms with Crippen LogP contribution in [0.1, 0.15) is 26.3 Å². The standard InChI is InChI=1S/C15H24N2O9P2S/c1-9(2)25-28(23,29)26-13-10(5-7-27(20,21)22)8-11(14(13)24-3)17-6-4-12(18)16-15(17)19/h4-7,9-11,13-14H,8H2,1-3H3,(H,23,29)(H,16,18,19)(H2,20,21,22)/b7-5+/t10-,11-,13+,14-,28?/m0/s1. The van der Waals surface area contributed by atoms with Crippen molar-refractivity contribution in [3.05, 3.63) is 45.0 Å². The molecule has 0 radical (unpaired) electrons. The highest BCUT2D eigenvalue weighted by Gasteiger charge is 2.47. The van der Waals surface area contributed by atoms with E-state index < -0.39 is 55.8 Å². The third kappa shape index (κ3) is 6.78. The Kier molecular flexibility index (Phi) is 7.94. The van der Waals surface area contributed by atoms with Crippen LogP contribution in [-0.2, 0) is 30.2 Å². The lowest BCUT2D eigenvalue weighted by Crippen LogP contribution is -2.38. The van der Waals surface area contributed by atoms with Crippen LogP contribution in [0.4, 0.5) is 0 Å². The van der Waals surface area contributed by atoms with E-state index in [1.54, 1.807) is 13.8 Å². The molecule has 2 rings (SSSR count). The molecule has 1 saturated carbocycles. The summed E-state index contributed by atoms with van der Waals surface area (Å²) in [5.74, 6) is 0.0600. The van der Waals surface area contributed by atoms with Gasteiger partial charge in [0, 0.05) is 31.1 Å². The van der Waals surface area contributed by atoms with Crippen LogP contribution in [-0.4, -0.2) is 49.7 Å². The second-order valence-corrected chi connectivity index (χ2v) is 11.0. The molecule has 11 nitrogen and oxygen atoms in total. The Morgan fingerprint density at radius 2 is 1.97 bits per heavy atom. The second-order valence-electron chi connectivity index (χ2n) is 6.81. The summed E-state index contributed by atoms with van der Waals surface area (Å²) in [6.45, 7) is -0.380. The van der Waals surface area contributed by atoms with Gasteiger partial charge < -0.3 is 28.5 Å². The van der Waals surface area contributed by atoms with Gasteiger partial charge in [0.15, 0.2) is 0 Å². The molecule has 1 aliphatic rings. The molecule has 0 amide bonds. The average molecular weight is 470 g/mol. The van der Waals surface area contributed by atoms with Gasteiger partial charge in [-0.3, -0.25) is 18.9 Å². The Balaban J connectivity index is 2.45. The van der Waals surface area contributed by atoms with Gasteiger partial charge in [0.1, 0.15) is 12.2 Å². The van der Waals surface area contributed by atoms with E-state index in [4.69, 9.17) is 35.4 Å². The predicted octanol–water partition coefficient (Wildman–Crippen LogP) is 0.831. The van der Waals surface area contributed by atoms with Gasteiger partial charge in [0.05, 0.1) is 12.1 Å². The summed E-state index contributed by atoms with van der Waals surface area (Å²) >= 11 is 5.04. The molecule has 0 aromatic carbocycles. The topological polar surface area (TPSA) is 160 Å². The molecular weight excluding hydrogens is 446 g/mol. The highest BCUT2D eigenvalue weighted by Crippen LogP contribution is 2.52. The van der Waals surface area contributed by atoms with Crippen LogP contribution in [0.5, 0.6) is 0 Å². The molecule has 1 heterocycles. The molecular formula is C15H24N2O9P2S. The van der Waals surface area contributed by atoms with Crippen molar-refractivity contribution in [2.75, 3.05) is 7.11 Å². The summed E-state index contributed by atoms with van der Waals surface area (Å²) in [6, 6.07) is 0.510. The van der Waals surface area contributed by atoms with Crippen molar-refractivity contribution >= 4 is 26.1 Å². The van der Waals surface area contributed by atoms with Gasteiger partial charge in [-0.05, 0) is 32.1 Å². The smallest absolute Gasteiger partial charge is 0.348 e. The van der Waals surface area contributed by atoms with E-state index in [0.717, 1.165) is 5.82 Å². The van der Waals surface area contributed by atoms with Crippen molar-refractivity contribution < 1.29 is 33.0 Å². The minimum absolute atomic E-state index is 0.169. The van der Waals surface area contributed by atoms with Gasteiger partial charge in [0.25, 0.3) is 5.56 Å². The molecule has 1 unspecified atom stereocenters. The minimum Gasteiger partial charge on any atom is -0.377 e. The van der Waals surface area contributed by atoms with Gasteiger partial charge in [0.2, 0.25) is 0 Å². The van der Waals surface area contributed by atoms with Crippen molar-refractivity contribution in [2.45, 2.75) is 44.6 Å². The van der Waals surface area contributed by atoms with Crippen LogP contribution >= 0.6 is 14.3 Å². The number of hydrogen-bond donors (Lipinski definition) is 4. The van der Waals surface area contributed by atoms with Gasteiger partial charge in [-0.2, -0.15) is 0 Å². The van der Waals surface area contributed by atoms with Crippen molar-refractivity contribution in [3.63, 3.8) is 0 Å². The van der Waals surface area contributed by atoms with Gasteiger partial charge >= 0.3 is 20.0 Å². The van der Waals surface area contributed by atoms with Crippen molar-refractivity contribution in [1.82, 2.24) is 9.55 Å². The molecule has 0 saturated heterocycles. The summed E-state index contributed by atoms with van der Waals surface area (Å²) in [5, 5.41) is 0. The largest absolute Gasteiger partial charge is 0.377 e. The van der Waals surface area contributed by atoms with E-state index in [9.17, 15) is 19.0 Å². The number of methoxy groups -OCH3 is 1. The fraction of sp³-hybridized carbons (Fsp3) is 0.600. The summed E-state index contributed by atoms with van der Waals surface area (Å²) in [6.07, 6.45) is 0.511. The lowest BCUT2D eigenvalue weighted by Gasteiger charge is -2.29. The van der Waals surface area contributed by atoms with Crippen LogP contribution in [0.25, 0.3) is 0 Å². The zero-order chi connectivity index (χ0) is 22.0. The molecule has 29 heavy (non-hydrogen) atoms. The molecule has 0 aliphatic heterocycles. The average Bonchev–Trinajstić information content (AvgIpc) is 2.87. The van der Waals surface area contributed by atoms with Crippen LogP contribution < -0.4 is 11.2 Å². The zero-order valence-corrected chi connectivity index (χ0v) is 18.5. The minimum atomic E-state index is -4.46. The predicted molar refractivity (Wildman–Crippen MR) is 108 cm³/mol. The molecule has 164 valence electrons. The van der Waals surface area contributed by atoms with Crippen LogP contribution in [0, 0.1) is 5.92 Å². The summed E-state index contributed by atoms with van der Waals surface area (Å²) in [5.41, 5.74) is -1.25. The molecule has 1 aliphatic carbocycles. The molecule has 5 atom stereocenters.